The Balaban J connectivity index is 1.01. The topological polar surface area (TPSA) is 40.6 Å². The van der Waals surface area contributed by atoms with E-state index in [1.165, 1.54) is 60.1 Å². The Kier molecular flexibility index (Phi) is 6.99. The minimum atomic E-state index is 0.0784. The van der Waals surface area contributed by atoms with Crippen LogP contribution in [0.2, 0.25) is 0 Å². The first-order chi connectivity index (χ1) is 28.3. The lowest BCUT2D eigenvalue weighted by Gasteiger charge is -2.20. The molecule has 1 aliphatic carbocycles. The van der Waals surface area contributed by atoms with Crippen LogP contribution in [0.15, 0.2) is 194 Å². The average Bonchev–Trinajstić information content (AvgIpc) is 3.93. The van der Waals surface area contributed by atoms with E-state index in [9.17, 15) is 0 Å². The number of hydrogen-bond donors (Lipinski definition) is 0. The highest BCUT2D eigenvalue weighted by Gasteiger charge is 2.23. The first-order valence-electron chi connectivity index (χ1n) is 19.6. The van der Waals surface area contributed by atoms with E-state index < -0.39 is 0 Å². The fourth-order valence-corrected chi connectivity index (χ4v) is 9.29. The molecule has 0 spiro atoms. The van der Waals surface area contributed by atoms with E-state index in [2.05, 4.69) is 202 Å². The number of nitrogens with zero attached hydrogens (tertiary/aromatic N) is 5. The van der Waals surface area contributed by atoms with Crippen LogP contribution in [0.25, 0.3) is 94.0 Å². The smallest absolute Gasteiger partial charge is 0.161 e. The summed E-state index contributed by atoms with van der Waals surface area (Å²) in [5, 5.41) is 7.51. The summed E-state index contributed by atoms with van der Waals surface area (Å²) in [6.07, 6.45) is 7.83. The highest BCUT2D eigenvalue weighted by molar-refractivity contribution is 6.29. The maximum absolute atomic E-state index is 5.26. The highest BCUT2D eigenvalue weighted by Crippen LogP contribution is 2.43. The van der Waals surface area contributed by atoms with Crippen molar-refractivity contribution in [2.75, 3.05) is 0 Å². The first-order valence-corrected chi connectivity index (χ1v) is 19.6. The van der Waals surface area contributed by atoms with Crippen molar-refractivity contribution in [2.24, 2.45) is 0 Å². The van der Waals surface area contributed by atoms with E-state index in [0.29, 0.717) is 0 Å². The van der Waals surface area contributed by atoms with E-state index in [1.54, 1.807) is 0 Å². The molecule has 0 aliphatic heterocycles. The van der Waals surface area contributed by atoms with Crippen LogP contribution in [0.1, 0.15) is 18.0 Å². The minimum absolute atomic E-state index is 0.0784. The van der Waals surface area contributed by atoms with Gasteiger partial charge in [0.25, 0.3) is 0 Å². The number of allylic oxidation sites excluding steroid dienone is 4. The van der Waals surface area contributed by atoms with Crippen molar-refractivity contribution in [3.63, 3.8) is 0 Å². The van der Waals surface area contributed by atoms with Gasteiger partial charge in [-0.3, -0.25) is 4.57 Å². The fourth-order valence-electron chi connectivity index (χ4n) is 9.29. The molecule has 1 unspecified atom stereocenters. The van der Waals surface area contributed by atoms with Crippen LogP contribution < -0.4 is 0 Å². The lowest BCUT2D eigenvalue weighted by molar-refractivity contribution is 0.803. The van der Waals surface area contributed by atoms with Crippen molar-refractivity contribution in [1.29, 1.82) is 0 Å². The third kappa shape index (κ3) is 4.82. The van der Waals surface area contributed by atoms with Crippen LogP contribution in [0.4, 0.5) is 0 Å². The van der Waals surface area contributed by atoms with E-state index in [1.807, 2.05) is 6.07 Å². The van der Waals surface area contributed by atoms with Gasteiger partial charge in [0.05, 0.1) is 38.8 Å². The molecule has 0 radical (unpaired) electrons. The standard InChI is InChI=1S/C52H35N5/c1-3-15-35(16-4-1)52-53-42(33-49(54-52)57-43-23-11-7-19-38(43)39-20-8-12-24-44(39)57)34-27-29-37(30-28-34)56-46-26-14-10-22-41(46)51-48(56)32-31-47-50(51)40-21-9-13-25-45(40)55(47)36-17-5-2-6-18-36/h1-27,29-34H,28H2. The zero-order valence-corrected chi connectivity index (χ0v) is 31.0. The maximum Gasteiger partial charge on any atom is 0.161 e. The van der Waals surface area contributed by atoms with Gasteiger partial charge >= 0.3 is 0 Å². The van der Waals surface area contributed by atoms with Crippen LogP contribution in [-0.4, -0.2) is 23.7 Å². The Bertz CT molecular complexity index is 3380. The van der Waals surface area contributed by atoms with Crippen molar-refractivity contribution >= 4 is 71.1 Å². The van der Waals surface area contributed by atoms with Gasteiger partial charge < -0.3 is 9.13 Å². The fraction of sp³-hybridized carbons (Fsp3) is 0.0385. The van der Waals surface area contributed by atoms with Crippen molar-refractivity contribution in [3.8, 4) is 22.9 Å². The molecule has 57 heavy (non-hydrogen) atoms. The van der Waals surface area contributed by atoms with Gasteiger partial charge in [-0.15, -0.1) is 0 Å². The lowest BCUT2D eigenvalue weighted by Crippen LogP contribution is -2.08. The number of benzene rings is 7. The quantitative estimate of drug-likeness (QED) is 0.177. The molecule has 12 rings (SSSR count). The van der Waals surface area contributed by atoms with E-state index in [0.717, 1.165) is 46.0 Å². The van der Waals surface area contributed by atoms with Gasteiger partial charge in [-0.25, -0.2) is 9.97 Å². The summed E-state index contributed by atoms with van der Waals surface area (Å²) in [7, 11) is 0. The third-order valence-electron chi connectivity index (χ3n) is 11.8. The van der Waals surface area contributed by atoms with Gasteiger partial charge in [-0.1, -0.05) is 133 Å². The van der Waals surface area contributed by atoms with Crippen molar-refractivity contribution in [3.05, 3.63) is 200 Å². The molecule has 11 aromatic rings. The van der Waals surface area contributed by atoms with Gasteiger partial charge in [-0.2, -0.15) is 0 Å². The molecule has 0 N–H and O–H groups in total. The highest BCUT2D eigenvalue weighted by atomic mass is 15.1. The van der Waals surface area contributed by atoms with Crippen LogP contribution >= 0.6 is 0 Å². The van der Waals surface area contributed by atoms with Gasteiger partial charge in [0.1, 0.15) is 5.82 Å². The summed E-state index contributed by atoms with van der Waals surface area (Å²) in [6, 6.07) is 62.7. The van der Waals surface area contributed by atoms with Crippen LogP contribution in [0.3, 0.4) is 0 Å². The first kappa shape index (κ1) is 31.8. The monoisotopic (exact) mass is 729 g/mol. The average molecular weight is 730 g/mol. The Labute approximate surface area is 328 Å². The second kappa shape index (κ2) is 12.5. The SMILES string of the molecule is C1=CC(c2cc(-n3c4ccccc4c4ccccc43)nc(-c3ccccc3)n2)CC=C1n1c2ccccc2c2c3c4ccccc4n(-c4ccccc4)c3ccc21. The molecule has 4 aromatic heterocycles. The van der Waals surface area contributed by atoms with Crippen molar-refractivity contribution < 1.29 is 0 Å². The summed E-state index contributed by atoms with van der Waals surface area (Å²) in [4.78, 5) is 10.5. The van der Waals surface area contributed by atoms with E-state index in [4.69, 9.17) is 9.97 Å². The molecular formula is C52H35N5. The van der Waals surface area contributed by atoms with Crippen molar-refractivity contribution in [2.45, 2.75) is 12.3 Å². The zero-order valence-electron chi connectivity index (χ0n) is 31.0. The van der Waals surface area contributed by atoms with Crippen LogP contribution in [0, 0.1) is 0 Å². The lowest BCUT2D eigenvalue weighted by atomic mass is 9.95. The molecule has 268 valence electrons. The Hall–Kier alpha value is -7.50. The molecule has 7 aromatic carbocycles. The molecule has 1 atom stereocenters. The van der Waals surface area contributed by atoms with Crippen LogP contribution in [0.5, 0.6) is 0 Å². The summed E-state index contributed by atoms with van der Waals surface area (Å²) in [5.41, 5.74) is 11.4. The number of fused-ring (bicyclic) bond motifs is 10. The second-order valence-electron chi connectivity index (χ2n) is 14.9. The number of hydrogen-bond acceptors (Lipinski definition) is 2. The largest absolute Gasteiger partial charge is 0.310 e. The predicted octanol–water partition coefficient (Wildman–Crippen LogP) is 13.0. The van der Waals surface area contributed by atoms with Gasteiger partial charge in [0.15, 0.2) is 5.82 Å². The molecule has 0 bridgehead atoms. The van der Waals surface area contributed by atoms with E-state index >= 15 is 0 Å². The normalized spacial score (nSPS) is 14.5. The molecule has 5 nitrogen and oxygen atoms in total. The Morgan fingerprint density at radius 2 is 0.947 bits per heavy atom. The zero-order chi connectivity index (χ0) is 37.5. The van der Waals surface area contributed by atoms with Gasteiger partial charge in [-0.05, 0) is 61.0 Å². The Morgan fingerprint density at radius 3 is 1.54 bits per heavy atom. The number of para-hydroxylation sites is 5. The molecule has 1 aliphatic rings. The number of aromatic nitrogens is 5. The van der Waals surface area contributed by atoms with Gasteiger partial charge in [0, 0.05) is 61.2 Å². The molecule has 4 heterocycles. The summed E-state index contributed by atoms with van der Waals surface area (Å²) in [6.45, 7) is 0. The summed E-state index contributed by atoms with van der Waals surface area (Å²) >= 11 is 0. The second-order valence-corrected chi connectivity index (χ2v) is 14.9. The summed E-state index contributed by atoms with van der Waals surface area (Å²) in [5.74, 6) is 1.68. The molecule has 5 heteroatoms. The third-order valence-corrected chi connectivity index (χ3v) is 11.8. The number of rotatable bonds is 5. The van der Waals surface area contributed by atoms with E-state index in [-0.39, 0.29) is 5.92 Å². The molecule has 0 amide bonds. The molecular weight excluding hydrogens is 695 g/mol. The molecule has 0 saturated heterocycles. The van der Waals surface area contributed by atoms with Crippen LogP contribution in [-0.2, 0) is 0 Å². The molecule has 0 fully saturated rings. The van der Waals surface area contributed by atoms with Crippen molar-refractivity contribution in [1.82, 2.24) is 23.7 Å². The Morgan fingerprint density at radius 1 is 0.439 bits per heavy atom. The summed E-state index contributed by atoms with van der Waals surface area (Å²) < 4.78 is 7.15. The maximum atomic E-state index is 5.26. The predicted molar refractivity (Wildman–Crippen MR) is 236 cm³/mol. The minimum Gasteiger partial charge on any atom is -0.310 e. The van der Waals surface area contributed by atoms with Gasteiger partial charge in [0.2, 0.25) is 0 Å². The molecule has 0 saturated carbocycles.